The fraction of sp³-hybridized carbons (Fsp3) is 0.511. The summed E-state index contributed by atoms with van der Waals surface area (Å²) in [7, 11) is 0. The second-order valence-corrected chi connectivity index (χ2v) is 17.4. The zero-order valence-electron chi connectivity index (χ0n) is 38.4. The van der Waals surface area contributed by atoms with Crippen molar-refractivity contribution in [3.63, 3.8) is 0 Å². The highest BCUT2D eigenvalue weighted by molar-refractivity contribution is 6.01. The van der Waals surface area contributed by atoms with Crippen LogP contribution in [0.5, 0.6) is 0 Å². The fourth-order valence-electron chi connectivity index (χ4n) is 8.31. The van der Waals surface area contributed by atoms with Crippen LogP contribution < -0.4 is 26.8 Å². The zero-order valence-corrected chi connectivity index (χ0v) is 38.4. The van der Waals surface area contributed by atoms with E-state index < -0.39 is 71.5 Å². The van der Waals surface area contributed by atoms with Gasteiger partial charge in [-0.05, 0) is 81.5 Å². The molecule has 3 atom stereocenters. The Kier molecular flexibility index (Phi) is 15.9. The summed E-state index contributed by atoms with van der Waals surface area (Å²) in [6, 6.07) is 3.13. The minimum atomic E-state index is -1.52. The Labute approximate surface area is 386 Å². The minimum Gasteiger partial charge on any atom is -0.490 e. The quantitative estimate of drug-likeness (QED) is 0.0459. The van der Waals surface area contributed by atoms with Crippen LogP contribution in [0.2, 0.25) is 0 Å². The fourth-order valence-corrected chi connectivity index (χ4v) is 8.31. The predicted molar refractivity (Wildman–Crippen MR) is 238 cm³/mol. The number of nitrogens with one attached hydrogen (secondary N) is 4. The topological polar surface area (TPSA) is 254 Å². The SMILES string of the molecule is C=C1OCc2c(cc3n(c2=O)Cc2cc4c(CCCCOCNC(=O)[C@H](C)NC(=O)[C@@H](NC(=O)CNC(=O)CCCCC(=O)ON5C(=O)CCC5=O)C(C)C)c(C)c(F)cc4nc2-3)[C@@]1(O)CC. The van der Waals surface area contributed by atoms with Crippen LogP contribution in [0.1, 0.15) is 113 Å². The van der Waals surface area contributed by atoms with Crippen LogP contribution in [0, 0.1) is 18.7 Å². The molecule has 0 aliphatic carbocycles. The highest BCUT2D eigenvalue weighted by atomic mass is 19.1. The summed E-state index contributed by atoms with van der Waals surface area (Å²) in [6.07, 6.45) is 2.33. The molecule has 360 valence electrons. The summed E-state index contributed by atoms with van der Waals surface area (Å²) in [5.41, 5.74) is 2.66. The number of carbonyl (C=O) groups excluding carboxylic acids is 7. The van der Waals surface area contributed by atoms with Gasteiger partial charge in [0.2, 0.25) is 23.6 Å². The third kappa shape index (κ3) is 11.2. The average Bonchev–Trinajstić information content (AvgIpc) is 3.81. The molecule has 67 heavy (non-hydrogen) atoms. The first kappa shape index (κ1) is 49.9. The number of aromatic nitrogens is 2. The number of hydrogen-bond acceptors (Lipinski definition) is 13. The first-order valence-electron chi connectivity index (χ1n) is 22.6. The average molecular weight is 932 g/mol. The number of ether oxygens (including phenoxy) is 2. The Hall–Kier alpha value is -6.54. The predicted octanol–water partition coefficient (Wildman–Crippen LogP) is 2.86. The number of benzene rings is 1. The summed E-state index contributed by atoms with van der Waals surface area (Å²) < 4.78 is 28.2. The highest BCUT2D eigenvalue weighted by Gasteiger charge is 2.41. The maximum absolute atomic E-state index is 15.3. The first-order valence-corrected chi connectivity index (χ1v) is 22.6. The van der Waals surface area contributed by atoms with Gasteiger partial charge in [-0.15, -0.1) is 5.06 Å². The Morgan fingerprint density at radius 1 is 0.955 bits per heavy atom. The molecule has 1 aromatic carbocycles. The van der Waals surface area contributed by atoms with E-state index in [1.54, 1.807) is 38.3 Å². The van der Waals surface area contributed by atoms with Crippen LogP contribution >= 0.6 is 0 Å². The molecule has 2 aromatic heterocycles. The second kappa shape index (κ2) is 21.4. The second-order valence-electron chi connectivity index (χ2n) is 17.4. The maximum Gasteiger partial charge on any atom is 0.333 e. The summed E-state index contributed by atoms with van der Waals surface area (Å²) in [4.78, 5) is 109. The molecule has 5 N–H and O–H groups in total. The third-order valence-electron chi connectivity index (χ3n) is 12.3. The number of amides is 6. The van der Waals surface area contributed by atoms with Crippen LogP contribution in [0.25, 0.3) is 22.3 Å². The molecule has 20 heteroatoms. The van der Waals surface area contributed by atoms with Gasteiger partial charge in [0.1, 0.15) is 42.6 Å². The lowest BCUT2D eigenvalue weighted by Crippen LogP contribution is -2.55. The van der Waals surface area contributed by atoms with Crippen molar-refractivity contribution in [1.29, 1.82) is 0 Å². The van der Waals surface area contributed by atoms with Crippen molar-refractivity contribution in [2.24, 2.45) is 5.92 Å². The number of unbranched alkanes of at least 4 members (excludes halogenated alkanes) is 2. The van der Waals surface area contributed by atoms with Crippen LogP contribution in [-0.2, 0) is 73.0 Å². The number of fused-ring (bicyclic) bond motifs is 5. The summed E-state index contributed by atoms with van der Waals surface area (Å²) in [5, 5.41) is 22.9. The number of aliphatic hydroxyl groups is 1. The van der Waals surface area contributed by atoms with E-state index >= 15 is 4.39 Å². The smallest absolute Gasteiger partial charge is 0.333 e. The number of halogens is 1. The van der Waals surface area contributed by atoms with Gasteiger partial charge in [0.15, 0.2) is 0 Å². The Bertz CT molecular complexity index is 2540. The maximum atomic E-state index is 15.3. The molecule has 3 aliphatic heterocycles. The molecular formula is C47H58FN7O12. The monoisotopic (exact) mass is 931 g/mol. The molecule has 0 radical (unpaired) electrons. The molecule has 5 heterocycles. The number of pyridine rings is 2. The van der Waals surface area contributed by atoms with Crippen LogP contribution in [-0.4, -0.2) is 93.1 Å². The van der Waals surface area contributed by atoms with Gasteiger partial charge in [0, 0.05) is 54.9 Å². The van der Waals surface area contributed by atoms with Gasteiger partial charge in [-0.25, -0.2) is 14.2 Å². The lowest BCUT2D eigenvalue weighted by Gasteiger charge is -2.35. The van der Waals surface area contributed by atoms with Gasteiger partial charge < -0.3 is 45.3 Å². The van der Waals surface area contributed by atoms with Gasteiger partial charge in [-0.1, -0.05) is 27.4 Å². The van der Waals surface area contributed by atoms with E-state index in [9.17, 15) is 43.5 Å². The van der Waals surface area contributed by atoms with E-state index in [1.165, 1.54) is 13.0 Å². The molecule has 0 spiro atoms. The molecule has 0 saturated carbocycles. The van der Waals surface area contributed by atoms with Gasteiger partial charge in [-0.3, -0.25) is 33.6 Å². The number of hydrogen-bond donors (Lipinski definition) is 5. The molecule has 6 rings (SSSR count). The van der Waals surface area contributed by atoms with Gasteiger partial charge in [0.05, 0.1) is 35.6 Å². The van der Waals surface area contributed by atoms with E-state index in [0.717, 1.165) is 16.5 Å². The molecule has 3 aliphatic rings. The van der Waals surface area contributed by atoms with Gasteiger partial charge in [0.25, 0.3) is 17.4 Å². The first-order chi connectivity index (χ1) is 31.8. The van der Waals surface area contributed by atoms with Crippen molar-refractivity contribution in [2.45, 2.75) is 130 Å². The summed E-state index contributed by atoms with van der Waals surface area (Å²) >= 11 is 0. The number of imide groups is 1. The van der Waals surface area contributed by atoms with Crippen LogP contribution in [0.15, 0.2) is 35.3 Å². The van der Waals surface area contributed by atoms with Crippen LogP contribution in [0.3, 0.4) is 0 Å². The third-order valence-corrected chi connectivity index (χ3v) is 12.3. The molecule has 1 fully saturated rings. The zero-order chi connectivity index (χ0) is 48.7. The molecule has 3 aromatic rings. The minimum absolute atomic E-state index is 0.00524. The van der Waals surface area contributed by atoms with Crippen molar-refractivity contribution >= 4 is 52.3 Å². The lowest BCUT2D eigenvalue weighted by atomic mass is 9.84. The van der Waals surface area contributed by atoms with Crippen molar-refractivity contribution < 1.29 is 57.4 Å². The Morgan fingerprint density at radius 2 is 1.67 bits per heavy atom. The molecule has 1 saturated heterocycles. The molecule has 6 amide bonds. The molecule has 0 unspecified atom stereocenters. The van der Waals surface area contributed by atoms with E-state index in [2.05, 4.69) is 27.8 Å². The largest absolute Gasteiger partial charge is 0.490 e. The van der Waals surface area contributed by atoms with Gasteiger partial charge in [-0.2, -0.15) is 0 Å². The number of carbonyl (C=O) groups is 7. The Balaban J connectivity index is 0.907. The van der Waals surface area contributed by atoms with E-state index in [0.29, 0.717) is 57.9 Å². The summed E-state index contributed by atoms with van der Waals surface area (Å²) in [5.74, 6) is -4.75. The normalized spacial score (nSPS) is 17.1. The van der Waals surface area contributed by atoms with E-state index in [-0.39, 0.29) is 88.7 Å². The standard InChI is InChI=1S/C47H58FN7O12/c1-7-47(64)28(6)66-23-32-33(47)19-36-43-29(22-54(36)46(32)63)18-31-30(26(4)34(48)20-35(31)52-43)12-10-11-17-65-24-50-44(61)27(5)51-45(62)42(25(2)3)53-38(57)21-49-37(56)13-8-9-14-41(60)67-55-39(58)15-16-40(55)59/h18-20,25,27,42,64H,6-17,21-24H2,1-5H3,(H,49,56)(H,50,61)(H,51,62)(H,53,57)/t27-,42-,47+/m0/s1. The molecule has 19 nitrogen and oxygen atoms in total. The van der Waals surface area contributed by atoms with Crippen molar-refractivity contribution in [2.75, 3.05) is 19.9 Å². The lowest BCUT2D eigenvalue weighted by molar-refractivity contribution is -0.197. The number of aryl methyl sites for hydroxylation is 1. The van der Waals surface area contributed by atoms with Crippen molar-refractivity contribution in [1.82, 2.24) is 35.9 Å². The number of hydroxylamine groups is 2. The highest BCUT2D eigenvalue weighted by Crippen LogP contribution is 2.42. The Morgan fingerprint density at radius 3 is 2.37 bits per heavy atom. The van der Waals surface area contributed by atoms with Gasteiger partial charge >= 0.3 is 5.97 Å². The van der Waals surface area contributed by atoms with Crippen LogP contribution in [0.4, 0.5) is 4.39 Å². The number of nitrogens with zero attached hydrogens (tertiary/aromatic N) is 3. The molecular weight excluding hydrogens is 874 g/mol. The van der Waals surface area contributed by atoms with E-state index in [1.807, 2.05) is 6.07 Å². The number of rotatable bonds is 21. The van der Waals surface area contributed by atoms with Crippen molar-refractivity contribution in [3.8, 4) is 11.4 Å². The summed E-state index contributed by atoms with van der Waals surface area (Å²) in [6.45, 7) is 12.3. The molecule has 0 bridgehead atoms. The van der Waals surface area contributed by atoms with Crippen molar-refractivity contribution in [3.05, 3.63) is 74.5 Å². The van der Waals surface area contributed by atoms with E-state index in [4.69, 9.17) is 19.3 Å².